The Balaban J connectivity index is 2.87. The van der Waals surface area contributed by atoms with E-state index in [1.165, 1.54) is 7.11 Å². The predicted octanol–water partition coefficient (Wildman–Crippen LogP) is 2.73. The topological polar surface area (TPSA) is 43.4 Å². The standard InChI is InChI=1S/C12H11ClO3/c1-16-12(15)7-3-5-10-9(8-14)4-2-6-11(10)13/h2-6,8H,7H2,1H3. The van der Waals surface area contributed by atoms with Crippen molar-refractivity contribution in [1.29, 1.82) is 0 Å². The van der Waals surface area contributed by atoms with Crippen LogP contribution >= 0.6 is 11.6 Å². The van der Waals surface area contributed by atoms with Crippen LogP contribution in [0.25, 0.3) is 6.08 Å². The first kappa shape index (κ1) is 12.5. The van der Waals surface area contributed by atoms with Gasteiger partial charge in [-0.05, 0) is 6.07 Å². The Morgan fingerprint density at radius 3 is 2.88 bits per heavy atom. The molecule has 0 radical (unpaired) electrons. The van der Waals surface area contributed by atoms with Crippen LogP contribution in [0, 0.1) is 0 Å². The van der Waals surface area contributed by atoms with Crippen molar-refractivity contribution >= 4 is 29.9 Å². The molecule has 0 heterocycles. The number of ether oxygens (including phenoxy) is 1. The van der Waals surface area contributed by atoms with Crippen LogP contribution in [0.15, 0.2) is 24.3 Å². The Labute approximate surface area is 98.7 Å². The summed E-state index contributed by atoms with van der Waals surface area (Å²) >= 11 is 5.93. The van der Waals surface area contributed by atoms with Crippen molar-refractivity contribution in [2.45, 2.75) is 6.42 Å². The molecule has 0 saturated heterocycles. The maximum atomic E-state index is 10.9. The molecule has 84 valence electrons. The van der Waals surface area contributed by atoms with E-state index in [4.69, 9.17) is 11.6 Å². The fourth-order valence-electron chi connectivity index (χ4n) is 1.19. The number of hydrogen-bond acceptors (Lipinski definition) is 3. The second kappa shape index (κ2) is 6.08. The largest absolute Gasteiger partial charge is 0.469 e. The zero-order chi connectivity index (χ0) is 12.0. The first-order chi connectivity index (χ1) is 7.69. The smallest absolute Gasteiger partial charge is 0.309 e. The average molecular weight is 239 g/mol. The van der Waals surface area contributed by atoms with Gasteiger partial charge in [0.1, 0.15) is 0 Å². The molecule has 4 heteroatoms. The van der Waals surface area contributed by atoms with Gasteiger partial charge in [-0.1, -0.05) is 35.9 Å². The minimum Gasteiger partial charge on any atom is -0.469 e. The fraction of sp³-hybridized carbons (Fsp3) is 0.167. The first-order valence-corrected chi connectivity index (χ1v) is 5.04. The van der Waals surface area contributed by atoms with Crippen molar-refractivity contribution in [3.05, 3.63) is 40.4 Å². The fourth-order valence-corrected chi connectivity index (χ4v) is 1.43. The molecule has 0 N–H and O–H groups in total. The molecule has 0 aromatic heterocycles. The van der Waals surface area contributed by atoms with Crippen LogP contribution in [0.2, 0.25) is 5.02 Å². The lowest BCUT2D eigenvalue weighted by atomic mass is 10.1. The van der Waals surface area contributed by atoms with Crippen LogP contribution in [0.1, 0.15) is 22.3 Å². The van der Waals surface area contributed by atoms with E-state index in [2.05, 4.69) is 4.74 Å². The van der Waals surface area contributed by atoms with Crippen LogP contribution in [-0.4, -0.2) is 19.4 Å². The molecule has 1 rings (SSSR count). The summed E-state index contributed by atoms with van der Waals surface area (Å²) in [6.45, 7) is 0. The Hall–Kier alpha value is -1.61. The van der Waals surface area contributed by atoms with Crippen molar-refractivity contribution in [2.75, 3.05) is 7.11 Å². The molecule has 0 amide bonds. The maximum absolute atomic E-state index is 10.9. The Morgan fingerprint density at radius 1 is 1.50 bits per heavy atom. The summed E-state index contributed by atoms with van der Waals surface area (Å²) in [5.41, 5.74) is 1.11. The van der Waals surface area contributed by atoms with Crippen LogP contribution in [0.4, 0.5) is 0 Å². The Bertz CT molecular complexity index is 424. The molecule has 0 bridgehead atoms. The van der Waals surface area contributed by atoms with Crippen LogP contribution < -0.4 is 0 Å². The number of carbonyl (C=O) groups is 2. The quantitative estimate of drug-likeness (QED) is 0.598. The van der Waals surface area contributed by atoms with Crippen LogP contribution in [0.3, 0.4) is 0 Å². The molecule has 3 nitrogen and oxygen atoms in total. The third-order valence-electron chi connectivity index (χ3n) is 2.01. The molecule has 0 spiro atoms. The molecule has 0 saturated carbocycles. The lowest BCUT2D eigenvalue weighted by Gasteiger charge is -2.01. The zero-order valence-corrected chi connectivity index (χ0v) is 9.53. The molecular weight excluding hydrogens is 228 g/mol. The normalized spacial score (nSPS) is 10.4. The summed E-state index contributed by atoms with van der Waals surface area (Å²) in [7, 11) is 1.32. The number of methoxy groups -OCH3 is 1. The molecule has 0 unspecified atom stereocenters. The molecular formula is C12H11ClO3. The highest BCUT2D eigenvalue weighted by atomic mass is 35.5. The first-order valence-electron chi connectivity index (χ1n) is 4.66. The molecule has 1 aromatic carbocycles. The van der Waals surface area contributed by atoms with Crippen molar-refractivity contribution in [3.63, 3.8) is 0 Å². The monoisotopic (exact) mass is 238 g/mol. The zero-order valence-electron chi connectivity index (χ0n) is 8.77. The number of hydrogen-bond donors (Lipinski definition) is 0. The minimum absolute atomic E-state index is 0.153. The summed E-state index contributed by atoms with van der Waals surface area (Å²) in [6, 6.07) is 5.05. The SMILES string of the molecule is COC(=O)CC=Cc1c(Cl)cccc1C=O. The van der Waals surface area contributed by atoms with Crippen molar-refractivity contribution in [1.82, 2.24) is 0 Å². The van der Waals surface area contributed by atoms with Gasteiger partial charge in [0.2, 0.25) is 0 Å². The number of halogens is 1. The van der Waals surface area contributed by atoms with E-state index in [1.807, 2.05) is 0 Å². The van der Waals surface area contributed by atoms with Gasteiger partial charge in [-0.25, -0.2) is 0 Å². The molecule has 0 atom stereocenters. The summed E-state index contributed by atoms with van der Waals surface area (Å²) in [4.78, 5) is 21.6. The molecule has 0 aliphatic carbocycles. The Morgan fingerprint density at radius 2 is 2.25 bits per heavy atom. The summed E-state index contributed by atoms with van der Waals surface area (Å²) in [6.07, 6.45) is 4.13. The van der Waals surface area contributed by atoms with E-state index in [-0.39, 0.29) is 12.4 Å². The maximum Gasteiger partial charge on any atom is 0.309 e. The van der Waals surface area contributed by atoms with Gasteiger partial charge >= 0.3 is 5.97 Å². The van der Waals surface area contributed by atoms with E-state index in [0.29, 0.717) is 16.1 Å². The second-order valence-corrected chi connectivity index (χ2v) is 3.45. The van der Waals surface area contributed by atoms with Gasteiger partial charge < -0.3 is 4.74 Å². The predicted molar refractivity (Wildman–Crippen MR) is 62.5 cm³/mol. The van der Waals surface area contributed by atoms with E-state index >= 15 is 0 Å². The van der Waals surface area contributed by atoms with E-state index in [1.54, 1.807) is 30.4 Å². The van der Waals surface area contributed by atoms with Gasteiger partial charge in [-0.2, -0.15) is 0 Å². The van der Waals surface area contributed by atoms with E-state index in [0.717, 1.165) is 6.29 Å². The average Bonchev–Trinajstić information content (AvgIpc) is 2.30. The van der Waals surface area contributed by atoms with Gasteiger partial charge in [0, 0.05) is 16.1 Å². The number of aldehydes is 1. The van der Waals surface area contributed by atoms with Gasteiger partial charge in [0.05, 0.1) is 13.5 Å². The molecule has 16 heavy (non-hydrogen) atoms. The van der Waals surface area contributed by atoms with Crippen LogP contribution in [0.5, 0.6) is 0 Å². The van der Waals surface area contributed by atoms with Gasteiger partial charge in [-0.15, -0.1) is 0 Å². The summed E-state index contributed by atoms with van der Waals surface area (Å²) in [5, 5.41) is 0.478. The van der Waals surface area contributed by atoms with E-state index < -0.39 is 0 Å². The number of benzene rings is 1. The molecule has 0 aliphatic rings. The third-order valence-corrected chi connectivity index (χ3v) is 2.34. The second-order valence-electron chi connectivity index (χ2n) is 3.04. The molecule has 0 fully saturated rings. The minimum atomic E-state index is -0.337. The van der Waals surface area contributed by atoms with Crippen molar-refractivity contribution in [2.24, 2.45) is 0 Å². The molecule has 0 aliphatic heterocycles. The highest BCUT2D eigenvalue weighted by Crippen LogP contribution is 2.20. The summed E-state index contributed by atoms with van der Waals surface area (Å²) in [5.74, 6) is -0.337. The Kier molecular flexibility index (Phi) is 4.73. The third kappa shape index (κ3) is 3.21. The van der Waals surface area contributed by atoms with Gasteiger partial charge in [0.15, 0.2) is 6.29 Å². The highest BCUT2D eigenvalue weighted by Gasteiger charge is 2.03. The van der Waals surface area contributed by atoms with Crippen molar-refractivity contribution < 1.29 is 14.3 Å². The number of carbonyl (C=O) groups excluding carboxylic acids is 2. The number of esters is 1. The number of rotatable bonds is 4. The lowest BCUT2D eigenvalue weighted by molar-refractivity contribution is -0.139. The van der Waals surface area contributed by atoms with Gasteiger partial charge in [0.25, 0.3) is 0 Å². The van der Waals surface area contributed by atoms with E-state index in [9.17, 15) is 9.59 Å². The lowest BCUT2D eigenvalue weighted by Crippen LogP contribution is -1.96. The highest BCUT2D eigenvalue weighted by molar-refractivity contribution is 6.32. The van der Waals surface area contributed by atoms with Gasteiger partial charge in [-0.3, -0.25) is 9.59 Å². The van der Waals surface area contributed by atoms with Crippen LogP contribution in [-0.2, 0) is 9.53 Å². The van der Waals surface area contributed by atoms with Crippen molar-refractivity contribution in [3.8, 4) is 0 Å². The summed E-state index contributed by atoms with van der Waals surface area (Å²) < 4.78 is 4.48. The molecule has 1 aromatic rings.